The summed E-state index contributed by atoms with van der Waals surface area (Å²) in [7, 11) is 0. The van der Waals surface area contributed by atoms with Crippen LogP contribution in [0.2, 0.25) is 0 Å². The van der Waals surface area contributed by atoms with Crippen molar-refractivity contribution in [3.05, 3.63) is 28.2 Å². The van der Waals surface area contributed by atoms with Gasteiger partial charge in [0, 0.05) is 4.47 Å². The van der Waals surface area contributed by atoms with Crippen molar-refractivity contribution in [2.24, 2.45) is 0 Å². The van der Waals surface area contributed by atoms with Gasteiger partial charge in [0.25, 0.3) is 0 Å². The molecule has 1 unspecified atom stereocenters. The second kappa shape index (κ2) is 4.63. The first-order valence-electron chi connectivity index (χ1n) is 4.31. The van der Waals surface area contributed by atoms with Crippen LogP contribution in [0.4, 0.5) is 0 Å². The highest BCUT2D eigenvalue weighted by molar-refractivity contribution is 9.10. The molecule has 1 rings (SSSR count). The minimum absolute atomic E-state index is 0.188. The number of benzene rings is 1. The normalized spacial score (nSPS) is 12.8. The van der Waals surface area contributed by atoms with Crippen molar-refractivity contribution >= 4 is 15.9 Å². The summed E-state index contributed by atoms with van der Waals surface area (Å²) in [6.07, 6.45) is 1.14. The summed E-state index contributed by atoms with van der Waals surface area (Å²) < 4.78 is 0.839. The third-order valence-corrected chi connectivity index (χ3v) is 2.62. The van der Waals surface area contributed by atoms with Gasteiger partial charge in [-0.25, -0.2) is 0 Å². The Morgan fingerprint density at radius 2 is 2.15 bits per heavy atom. The van der Waals surface area contributed by atoms with Crippen LogP contribution in [-0.4, -0.2) is 10.2 Å². The van der Waals surface area contributed by atoms with Crippen LogP contribution in [-0.2, 0) is 0 Å². The van der Waals surface area contributed by atoms with Gasteiger partial charge < -0.3 is 10.2 Å². The second-order valence-corrected chi connectivity index (χ2v) is 3.86. The van der Waals surface area contributed by atoms with Crippen molar-refractivity contribution < 1.29 is 10.2 Å². The average molecular weight is 245 g/mol. The van der Waals surface area contributed by atoms with E-state index in [1.165, 1.54) is 0 Å². The lowest BCUT2D eigenvalue weighted by Gasteiger charge is -2.11. The predicted molar refractivity (Wildman–Crippen MR) is 55.7 cm³/mol. The summed E-state index contributed by atoms with van der Waals surface area (Å²) in [4.78, 5) is 0. The Morgan fingerprint density at radius 3 is 2.77 bits per heavy atom. The largest absolute Gasteiger partial charge is 0.508 e. The number of aliphatic hydroxyl groups is 1. The van der Waals surface area contributed by atoms with E-state index in [4.69, 9.17) is 0 Å². The number of hydrogen-bond donors (Lipinski definition) is 2. The van der Waals surface area contributed by atoms with E-state index in [0.29, 0.717) is 6.42 Å². The van der Waals surface area contributed by atoms with Gasteiger partial charge in [-0.3, -0.25) is 0 Å². The number of halogens is 1. The lowest BCUT2D eigenvalue weighted by molar-refractivity contribution is 0.165. The van der Waals surface area contributed by atoms with Crippen LogP contribution in [0.3, 0.4) is 0 Å². The highest BCUT2D eigenvalue weighted by Crippen LogP contribution is 2.29. The van der Waals surface area contributed by atoms with Crippen LogP contribution in [0.15, 0.2) is 22.7 Å². The third-order valence-electron chi connectivity index (χ3n) is 1.90. The van der Waals surface area contributed by atoms with Crippen molar-refractivity contribution in [3.63, 3.8) is 0 Å². The molecule has 3 heteroatoms. The van der Waals surface area contributed by atoms with Gasteiger partial charge in [0.1, 0.15) is 5.75 Å². The molecule has 0 spiro atoms. The molecule has 0 saturated carbocycles. The molecule has 0 aliphatic heterocycles. The van der Waals surface area contributed by atoms with Crippen molar-refractivity contribution in [2.75, 3.05) is 0 Å². The van der Waals surface area contributed by atoms with Gasteiger partial charge in [0.15, 0.2) is 0 Å². The lowest BCUT2D eigenvalue weighted by atomic mass is 10.1. The first-order valence-corrected chi connectivity index (χ1v) is 5.11. The molecular formula is C10H13BrO2. The first-order chi connectivity index (χ1) is 6.15. The monoisotopic (exact) mass is 244 g/mol. The van der Waals surface area contributed by atoms with Gasteiger partial charge in [0.2, 0.25) is 0 Å². The van der Waals surface area contributed by atoms with Crippen molar-refractivity contribution in [1.29, 1.82) is 0 Å². The summed E-state index contributed by atoms with van der Waals surface area (Å²) in [5.74, 6) is 0.188. The molecule has 0 aromatic heterocycles. The van der Waals surface area contributed by atoms with E-state index in [2.05, 4.69) is 15.9 Å². The summed E-state index contributed by atoms with van der Waals surface area (Å²) >= 11 is 3.33. The van der Waals surface area contributed by atoms with Gasteiger partial charge in [-0.05, 0) is 30.2 Å². The number of rotatable bonds is 3. The molecule has 0 bridgehead atoms. The smallest absolute Gasteiger partial charge is 0.116 e. The average Bonchev–Trinajstić information content (AvgIpc) is 2.09. The van der Waals surface area contributed by atoms with Crippen LogP contribution in [0.1, 0.15) is 31.4 Å². The Bertz CT molecular complexity index is 286. The standard InChI is InChI=1S/C10H13BrO2/c1-2-3-10(13)8-6-7(12)4-5-9(8)11/h4-6,10,12-13H,2-3H2,1H3. The van der Waals surface area contributed by atoms with Crippen LogP contribution in [0.5, 0.6) is 5.75 Å². The van der Waals surface area contributed by atoms with Crippen LogP contribution in [0.25, 0.3) is 0 Å². The fraction of sp³-hybridized carbons (Fsp3) is 0.400. The zero-order valence-corrected chi connectivity index (χ0v) is 9.08. The molecule has 0 radical (unpaired) electrons. The van der Waals surface area contributed by atoms with Crippen LogP contribution in [0, 0.1) is 0 Å². The molecule has 1 atom stereocenters. The summed E-state index contributed by atoms with van der Waals surface area (Å²) in [5.41, 5.74) is 0.752. The van der Waals surface area contributed by atoms with Gasteiger partial charge >= 0.3 is 0 Å². The van der Waals surface area contributed by atoms with E-state index in [1.807, 2.05) is 6.92 Å². The van der Waals surface area contributed by atoms with Gasteiger partial charge in [-0.1, -0.05) is 29.3 Å². The van der Waals surface area contributed by atoms with Gasteiger partial charge in [-0.2, -0.15) is 0 Å². The number of phenols is 1. The lowest BCUT2D eigenvalue weighted by Crippen LogP contribution is -1.97. The number of aromatic hydroxyl groups is 1. The molecule has 0 fully saturated rings. The maximum atomic E-state index is 9.68. The number of aliphatic hydroxyl groups excluding tert-OH is 1. The molecule has 0 amide bonds. The molecule has 2 nitrogen and oxygen atoms in total. The van der Waals surface area contributed by atoms with Crippen LogP contribution < -0.4 is 0 Å². The van der Waals surface area contributed by atoms with Crippen LogP contribution >= 0.6 is 15.9 Å². The summed E-state index contributed by atoms with van der Waals surface area (Å²) in [6.45, 7) is 2.01. The molecule has 0 saturated heterocycles. The van der Waals surface area contributed by atoms with Crippen molar-refractivity contribution in [2.45, 2.75) is 25.9 Å². The molecular weight excluding hydrogens is 232 g/mol. The van der Waals surface area contributed by atoms with Crippen molar-refractivity contribution in [1.82, 2.24) is 0 Å². The Balaban J connectivity index is 2.91. The molecule has 1 aromatic rings. The van der Waals surface area contributed by atoms with E-state index < -0.39 is 6.10 Å². The maximum absolute atomic E-state index is 9.68. The van der Waals surface area contributed by atoms with E-state index >= 15 is 0 Å². The Labute approximate surface area is 86.3 Å². The third kappa shape index (κ3) is 2.71. The Morgan fingerprint density at radius 1 is 1.46 bits per heavy atom. The highest BCUT2D eigenvalue weighted by Gasteiger charge is 2.10. The Hall–Kier alpha value is -0.540. The molecule has 72 valence electrons. The molecule has 0 heterocycles. The summed E-state index contributed by atoms with van der Waals surface area (Å²) in [6, 6.07) is 4.92. The SMILES string of the molecule is CCCC(O)c1cc(O)ccc1Br. The first kappa shape index (κ1) is 10.5. The fourth-order valence-corrected chi connectivity index (χ4v) is 1.73. The number of phenolic OH excluding ortho intramolecular Hbond substituents is 1. The minimum Gasteiger partial charge on any atom is -0.508 e. The zero-order valence-electron chi connectivity index (χ0n) is 7.50. The van der Waals surface area contributed by atoms with E-state index in [-0.39, 0.29) is 5.75 Å². The molecule has 0 aliphatic carbocycles. The molecule has 2 N–H and O–H groups in total. The number of hydrogen-bond acceptors (Lipinski definition) is 2. The second-order valence-electron chi connectivity index (χ2n) is 3.01. The molecule has 0 aliphatic rings. The van der Waals surface area contributed by atoms with E-state index in [9.17, 15) is 10.2 Å². The van der Waals surface area contributed by atoms with Gasteiger partial charge in [-0.15, -0.1) is 0 Å². The topological polar surface area (TPSA) is 40.5 Å². The summed E-state index contributed by atoms with van der Waals surface area (Å²) in [5, 5.41) is 18.9. The predicted octanol–water partition coefficient (Wildman–Crippen LogP) is 2.99. The van der Waals surface area contributed by atoms with E-state index in [0.717, 1.165) is 16.5 Å². The highest BCUT2D eigenvalue weighted by atomic mass is 79.9. The van der Waals surface area contributed by atoms with E-state index in [1.54, 1.807) is 18.2 Å². The zero-order chi connectivity index (χ0) is 9.84. The fourth-order valence-electron chi connectivity index (χ4n) is 1.22. The quantitative estimate of drug-likeness (QED) is 0.859. The van der Waals surface area contributed by atoms with Gasteiger partial charge in [0.05, 0.1) is 6.10 Å². The molecule has 13 heavy (non-hydrogen) atoms. The van der Waals surface area contributed by atoms with Crippen molar-refractivity contribution in [3.8, 4) is 5.75 Å². The Kier molecular flexibility index (Phi) is 3.75. The minimum atomic E-state index is -0.494. The molecule has 1 aromatic carbocycles. The maximum Gasteiger partial charge on any atom is 0.116 e.